The van der Waals surface area contributed by atoms with E-state index in [2.05, 4.69) is 26.9 Å². The van der Waals surface area contributed by atoms with Crippen LogP contribution in [-0.4, -0.2) is 43.5 Å². The molecule has 0 aromatic carbocycles. The predicted molar refractivity (Wildman–Crippen MR) is 106 cm³/mol. The van der Waals surface area contributed by atoms with E-state index in [9.17, 15) is 0 Å². The maximum Gasteiger partial charge on any atom is 0.165 e. The summed E-state index contributed by atoms with van der Waals surface area (Å²) < 4.78 is 3.80. The quantitative estimate of drug-likeness (QED) is 0.744. The number of hydrogen-bond donors (Lipinski definition) is 2. The summed E-state index contributed by atoms with van der Waals surface area (Å²) in [5.41, 5.74) is 4.20. The molecule has 142 valence electrons. The monoisotopic (exact) mass is 365 g/mol. The van der Waals surface area contributed by atoms with Gasteiger partial charge in [-0.2, -0.15) is 14.7 Å². The van der Waals surface area contributed by atoms with Crippen molar-refractivity contribution in [3.05, 3.63) is 30.4 Å². The first-order chi connectivity index (χ1) is 13.3. The van der Waals surface area contributed by atoms with Gasteiger partial charge in [0.2, 0.25) is 0 Å². The summed E-state index contributed by atoms with van der Waals surface area (Å²) in [7, 11) is 1.94. The number of nitrogens with one attached hydrogen (secondary N) is 2. The minimum Gasteiger partial charge on any atom is -0.367 e. The van der Waals surface area contributed by atoms with Gasteiger partial charge in [0.05, 0.1) is 18.1 Å². The van der Waals surface area contributed by atoms with Crippen molar-refractivity contribution < 1.29 is 0 Å². The van der Waals surface area contributed by atoms with Crippen molar-refractivity contribution in [2.24, 2.45) is 7.05 Å². The zero-order valence-electron chi connectivity index (χ0n) is 15.9. The lowest BCUT2D eigenvalue weighted by Crippen LogP contribution is -2.29. The Hall–Kier alpha value is -2.41. The first-order valence-electron chi connectivity index (χ1n) is 10.1. The van der Waals surface area contributed by atoms with Crippen molar-refractivity contribution in [3.8, 4) is 11.1 Å². The Morgan fingerprint density at radius 3 is 2.74 bits per heavy atom. The van der Waals surface area contributed by atoms with Crippen molar-refractivity contribution in [2.45, 2.75) is 50.5 Å². The summed E-state index contributed by atoms with van der Waals surface area (Å²) in [6, 6.07) is 2.77. The summed E-state index contributed by atoms with van der Waals surface area (Å²) in [5.74, 6) is 1.53. The molecule has 1 saturated heterocycles. The third-order valence-electron chi connectivity index (χ3n) is 5.93. The second-order valence-electron chi connectivity index (χ2n) is 7.93. The van der Waals surface area contributed by atoms with Crippen LogP contribution in [0.5, 0.6) is 0 Å². The van der Waals surface area contributed by atoms with Crippen LogP contribution in [0.2, 0.25) is 0 Å². The van der Waals surface area contributed by atoms with Crippen LogP contribution >= 0.6 is 0 Å². The first-order valence-corrected chi connectivity index (χ1v) is 10.1. The average Bonchev–Trinajstić information content (AvgIpc) is 3.43. The second kappa shape index (κ2) is 6.96. The minimum absolute atomic E-state index is 0.463. The number of fused-ring (bicyclic) bond motifs is 1. The smallest absolute Gasteiger partial charge is 0.165 e. The Bertz CT molecular complexity index is 929. The zero-order chi connectivity index (χ0) is 18.2. The fourth-order valence-corrected chi connectivity index (χ4v) is 4.44. The molecule has 0 amide bonds. The molecule has 3 aromatic rings. The number of hydrogen-bond acceptors (Lipinski definition) is 5. The summed E-state index contributed by atoms with van der Waals surface area (Å²) >= 11 is 0. The molecule has 1 atom stereocenters. The SMILES string of the molecule is Cn1cc(-c2cnn3c(NC4CCCC4)cc(C4CCCNC4)nc23)cn1. The van der Waals surface area contributed by atoms with Crippen molar-refractivity contribution in [1.82, 2.24) is 29.7 Å². The lowest BCUT2D eigenvalue weighted by atomic mass is 9.96. The van der Waals surface area contributed by atoms with Crippen molar-refractivity contribution in [1.29, 1.82) is 0 Å². The highest BCUT2D eigenvalue weighted by Gasteiger charge is 2.22. The van der Waals surface area contributed by atoms with E-state index in [0.717, 1.165) is 35.7 Å². The molecule has 0 bridgehead atoms. The van der Waals surface area contributed by atoms with Crippen LogP contribution in [-0.2, 0) is 7.05 Å². The second-order valence-corrected chi connectivity index (χ2v) is 7.93. The van der Waals surface area contributed by atoms with Crippen molar-refractivity contribution in [3.63, 3.8) is 0 Å². The predicted octanol–water partition coefficient (Wildman–Crippen LogP) is 2.95. The molecule has 0 radical (unpaired) electrons. The molecule has 1 unspecified atom stereocenters. The molecule has 1 saturated carbocycles. The Morgan fingerprint density at radius 2 is 2.00 bits per heavy atom. The number of aryl methyl sites for hydroxylation is 1. The van der Waals surface area contributed by atoms with Crippen molar-refractivity contribution in [2.75, 3.05) is 18.4 Å². The van der Waals surface area contributed by atoms with Crippen LogP contribution in [0.15, 0.2) is 24.7 Å². The number of aromatic nitrogens is 5. The van der Waals surface area contributed by atoms with Gasteiger partial charge in [-0.05, 0) is 32.2 Å². The number of anilines is 1. The fraction of sp³-hybridized carbons (Fsp3) is 0.550. The third-order valence-corrected chi connectivity index (χ3v) is 5.93. The van der Waals surface area contributed by atoms with Gasteiger partial charge < -0.3 is 10.6 Å². The maximum absolute atomic E-state index is 5.06. The summed E-state index contributed by atoms with van der Waals surface area (Å²) in [6.07, 6.45) is 13.3. The van der Waals surface area contributed by atoms with Crippen LogP contribution in [0.4, 0.5) is 5.82 Å². The van der Waals surface area contributed by atoms with E-state index in [1.807, 2.05) is 34.8 Å². The largest absolute Gasteiger partial charge is 0.367 e. The summed E-state index contributed by atoms with van der Waals surface area (Å²) in [4.78, 5) is 5.06. The van der Waals surface area contributed by atoms with Crippen LogP contribution < -0.4 is 10.6 Å². The van der Waals surface area contributed by atoms with E-state index in [0.29, 0.717) is 12.0 Å². The van der Waals surface area contributed by atoms with E-state index in [1.54, 1.807) is 0 Å². The van der Waals surface area contributed by atoms with Gasteiger partial charge in [0.15, 0.2) is 5.65 Å². The Morgan fingerprint density at radius 1 is 1.11 bits per heavy atom. The normalized spacial score (nSPS) is 21.1. The molecule has 1 aliphatic heterocycles. The molecule has 2 fully saturated rings. The molecule has 27 heavy (non-hydrogen) atoms. The van der Waals surface area contributed by atoms with Gasteiger partial charge in [0.1, 0.15) is 5.82 Å². The van der Waals surface area contributed by atoms with Crippen molar-refractivity contribution >= 4 is 11.5 Å². The van der Waals surface area contributed by atoms with Crippen LogP contribution in [0, 0.1) is 0 Å². The van der Waals surface area contributed by atoms with Gasteiger partial charge in [-0.1, -0.05) is 12.8 Å². The molecular weight excluding hydrogens is 338 g/mol. The Kier molecular flexibility index (Phi) is 4.32. The summed E-state index contributed by atoms with van der Waals surface area (Å²) in [5, 5.41) is 16.3. The third kappa shape index (κ3) is 3.20. The van der Waals surface area contributed by atoms with E-state index in [4.69, 9.17) is 4.98 Å². The molecule has 4 heterocycles. The molecule has 1 aliphatic carbocycles. The fourth-order valence-electron chi connectivity index (χ4n) is 4.44. The van der Waals surface area contributed by atoms with E-state index < -0.39 is 0 Å². The molecular formula is C20H27N7. The van der Waals surface area contributed by atoms with Crippen LogP contribution in [0.3, 0.4) is 0 Å². The highest BCUT2D eigenvalue weighted by Crippen LogP contribution is 2.31. The van der Waals surface area contributed by atoms with Gasteiger partial charge in [0, 0.05) is 48.9 Å². The topological polar surface area (TPSA) is 72.1 Å². The first kappa shape index (κ1) is 16.7. The molecule has 2 aliphatic rings. The number of rotatable bonds is 4. The lowest BCUT2D eigenvalue weighted by Gasteiger charge is -2.23. The standard InChI is InChI=1S/C20H27N7/c1-26-13-15(11-22-26)17-12-23-27-19(24-16-6-2-3-7-16)9-18(25-20(17)27)14-5-4-8-21-10-14/h9,11-14,16,21,24H,2-8,10H2,1H3. The molecule has 5 rings (SSSR count). The van der Waals surface area contributed by atoms with Gasteiger partial charge in [-0.3, -0.25) is 4.68 Å². The van der Waals surface area contributed by atoms with Crippen LogP contribution in [0.1, 0.15) is 50.1 Å². The number of piperidine rings is 1. The molecule has 7 heteroatoms. The van der Waals surface area contributed by atoms with Crippen LogP contribution in [0.25, 0.3) is 16.8 Å². The zero-order valence-corrected chi connectivity index (χ0v) is 15.9. The average molecular weight is 365 g/mol. The molecule has 7 nitrogen and oxygen atoms in total. The highest BCUT2D eigenvalue weighted by molar-refractivity contribution is 5.77. The van der Waals surface area contributed by atoms with E-state index >= 15 is 0 Å². The highest BCUT2D eigenvalue weighted by atomic mass is 15.3. The number of nitrogens with zero attached hydrogens (tertiary/aromatic N) is 5. The van der Waals surface area contributed by atoms with Gasteiger partial charge in [-0.25, -0.2) is 4.98 Å². The minimum atomic E-state index is 0.463. The lowest BCUT2D eigenvalue weighted by molar-refractivity contribution is 0.455. The maximum atomic E-state index is 5.06. The Labute approximate surface area is 159 Å². The molecule has 2 N–H and O–H groups in total. The molecule has 3 aromatic heterocycles. The van der Waals surface area contributed by atoms with E-state index in [1.165, 1.54) is 44.2 Å². The van der Waals surface area contributed by atoms with E-state index in [-0.39, 0.29) is 0 Å². The van der Waals surface area contributed by atoms with Gasteiger partial charge >= 0.3 is 0 Å². The molecule has 0 spiro atoms. The Balaban J connectivity index is 1.60. The van der Waals surface area contributed by atoms with Gasteiger partial charge in [0.25, 0.3) is 0 Å². The van der Waals surface area contributed by atoms with Gasteiger partial charge in [-0.15, -0.1) is 0 Å². The summed E-state index contributed by atoms with van der Waals surface area (Å²) in [6.45, 7) is 2.11.